The molecule has 0 amide bonds. The van der Waals surface area contributed by atoms with Crippen LogP contribution < -0.4 is 15.4 Å². The molecule has 0 unspecified atom stereocenters. The summed E-state index contributed by atoms with van der Waals surface area (Å²) in [5, 5.41) is 13.7. The molecule has 3 N–H and O–H groups in total. The van der Waals surface area contributed by atoms with Gasteiger partial charge in [0.05, 0.1) is 12.8 Å². The Morgan fingerprint density at radius 1 is 0.795 bits per heavy atom. The number of hydrogen-bond acceptors (Lipinski definition) is 7. The van der Waals surface area contributed by atoms with E-state index in [1.165, 1.54) is 5.69 Å². The Morgan fingerprint density at radius 2 is 1.49 bits per heavy atom. The molecule has 0 spiro atoms. The van der Waals surface area contributed by atoms with Crippen molar-refractivity contribution in [2.45, 2.75) is 6.61 Å². The number of anilines is 2. The zero-order valence-corrected chi connectivity index (χ0v) is 21.8. The van der Waals surface area contributed by atoms with Crippen molar-refractivity contribution in [1.82, 2.24) is 19.5 Å². The molecule has 3 heterocycles. The van der Waals surface area contributed by atoms with E-state index < -0.39 is 0 Å². The van der Waals surface area contributed by atoms with Crippen molar-refractivity contribution in [2.75, 3.05) is 50.0 Å². The van der Waals surface area contributed by atoms with Crippen LogP contribution in [-0.2, 0) is 6.61 Å². The third kappa shape index (κ3) is 5.30. The summed E-state index contributed by atoms with van der Waals surface area (Å²) in [5.41, 5.74) is 13.4. The lowest BCUT2D eigenvalue weighted by molar-refractivity contribution is 0.189. The van der Waals surface area contributed by atoms with E-state index in [2.05, 4.69) is 39.2 Å². The van der Waals surface area contributed by atoms with Gasteiger partial charge in [0.15, 0.2) is 5.65 Å². The van der Waals surface area contributed by atoms with Crippen LogP contribution in [0, 0.1) is 0 Å². The van der Waals surface area contributed by atoms with Crippen molar-refractivity contribution in [3.8, 4) is 28.0 Å². The van der Waals surface area contributed by atoms with Gasteiger partial charge in [-0.15, -0.1) is 0 Å². The van der Waals surface area contributed by atoms with Gasteiger partial charge in [-0.1, -0.05) is 54.6 Å². The van der Waals surface area contributed by atoms with Crippen LogP contribution in [0.25, 0.3) is 27.9 Å². The molecule has 0 radical (unpaired) electrons. The van der Waals surface area contributed by atoms with Crippen LogP contribution in [0.4, 0.5) is 11.5 Å². The summed E-state index contributed by atoms with van der Waals surface area (Å²) in [5.74, 6) is 1.34. The molecule has 1 fully saturated rings. The molecule has 1 saturated heterocycles. The number of aromatic nitrogens is 3. The first-order valence-electron chi connectivity index (χ1n) is 13.3. The van der Waals surface area contributed by atoms with Crippen LogP contribution in [-0.4, -0.2) is 63.9 Å². The van der Waals surface area contributed by atoms with Gasteiger partial charge in [-0.3, -0.25) is 4.90 Å². The molecule has 39 heavy (non-hydrogen) atoms. The van der Waals surface area contributed by atoms with E-state index in [1.54, 1.807) is 4.52 Å². The first-order valence-corrected chi connectivity index (χ1v) is 13.3. The minimum Gasteiger partial charge on any atom is -0.489 e. The number of aliphatic hydroxyl groups excluding tert-OH is 1. The number of β-amino-alcohol motifs (C(OH)–C–C–N with tert-alkyl or cyclic N) is 1. The molecule has 198 valence electrons. The second-order valence-electron chi connectivity index (χ2n) is 9.75. The van der Waals surface area contributed by atoms with Gasteiger partial charge in [0.1, 0.15) is 18.2 Å². The SMILES string of the molecule is Nc1c(-c2ccc(OCc3ccccc3)cc2)cnc2c(-c3ccc(N4CCN(CCO)CC4)cc3)cnn12. The summed E-state index contributed by atoms with van der Waals surface area (Å²) in [6, 6.07) is 26.5. The minimum absolute atomic E-state index is 0.213. The van der Waals surface area contributed by atoms with Crippen molar-refractivity contribution >= 4 is 17.2 Å². The van der Waals surface area contributed by atoms with Gasteiger partial charge in [0.25, 0.3) is 0 Å². The summed E-state index contributed by atoms with van der Waals surface area (Å²) in [6.45, 7) is 5.32. The average Bonchev–Trinajstić information content (AvgIpc) is 3.43. The molecular weight excluding hydrogens is 488 g/mol. The molecule has 1 aliphatic heterocycles. The zero-order chi connectivity index (χ0) is 26.6. The number of ether oxygens (including phenoxy) is 1. The van der Waals surface area contributed by atoms with Gasteiger partial charge in [-0.05, 0) is 41.0 Å². The maximum atomic E-state index is 9.17. The van der Waals surface area contributed by atoms with Crippen molar-refractivity contribution in [1.29, 1.82) is 0 Å². The third-order valence-electron chi connectivity index (χ3n) is 7.31. The zero-order valence-electron chi connectivity index (χ0n) is 21.8. The number of rotatable bonds is 8. The molecular formula is C31H32N6O2. The maximum Gasteiger partial charge on any atom is 0.165 e. The average molecular weight is 521 g/mol. The first-order chi connectivity index (χ1) is 19.2. The fraction of sp³-hybridized carbons (Fsp3) is 0.226. The Morgan fingerprint density at radius 3 is 2.21 bits per heavy atom. The molecule has 2 aromatic heterocycles. The van der Waals surface area contributed by atoms with Gasteiger partial charge >= 0.3 is 0 Å². The van der Waals surface area contributed by atoms with E-state index in [1.807, 2.05) is 67.0 Å². The van der Waals surface area contributed by atoms with E-state index in [4.69, 9.17) is 20.6 Å². The monoisotopic (exact) mass is 520 g/mol. The Balaban J connectivity index is 1.17. The van der Waals surface area contributed by atoms with Gasteiger partial charge in [0.2, 0.25) is 0 Å². The summed E-state index contributed by atoms with van der Waals surface area (Å²) < 4.78 is 7.63. The number of fused-ring (bicyclic) bond motifs is 1. The van der Waals surface area contributed by atoms with Crippen LogP contribution in [0.5, 0.6) is 5.75 Å². The molecule has 0 saturated carbocycles. The Hall–Kier alpha value is -4.40. The molecule has 3 aromatic carbocycles. The first kappa shape index (κ1) is 24.9. The number of hydrogen-bond donors (Lipinski definition) is 2. The second kappa shape index (κ2) is 11.1. The van der Waals surface area contributed by atoms with Gasteiger partial charge in [-0.25, -0.2) is 4.98 Å². The lowest BCUT2D eigenvalue weighted by atomic mass is 10.1. The fourth-order valence-corrected chi connectivity index (χ4v) is 5.07. The highest BCUT2D eigenvalue weighted by molar-refractivity contribution is 5.82. The van der Waals surface area contributed by atoms with Crippen molar-refractivity contribution in [3.05, 3.63) is 96.8 Å². The topological polar surface area (TPSA) is 92.2 Å². The highest BCUT2D eigenvalue weighted by Gasteiger charge is 2.18. The molecule has 0 aliphatic carbocycles. The third-order valence-corrected chi connectivity index (χ3v) is 7.31. The molecule has 6 rings (SSSR count). The number of nitrogens with zero attached hydrogens (tertiary/aromatic N) is 5. The summed E-state index contributed by atoms with van der Waals surface area (Å²) >= 11 is 0. The molecule has 0 bridgehead atoms. The summed E-state index contributed by atoms with van der Waals surface area (Å²) in [7, 11) is 0. The van der Waals surface area contributed by atoms with E-state index in [0.29, 0.717) is 12.4 Å². The predicted molar refractivity (Wildman–Crippen MR) is 155 cm³/mol. The van der Waals surface area contributed by atoms with E-state index in [9.17, 15) is 0 Å². The second-order valence-corrected chi connectivity index (χ2v) is 9.75. The molecule has 8 nitrogen and oxygen atoms in total. The van der Waals surface area contributed by atoms with E-state index in [0.717, 1.165) is 71.9 Å². The number of nitrogen functional groups attached to an aromatic ring is 1. The largest absolute Gasteiger partial charge is 0.489 e. The Labute approximate surface area is 227 Å². The predicted octanol–water partition coefficient (Wildman–Crippen LogP) is 4.34. The number of piperazine rings is 1. The smallest absolute Gasteiger partial charge is 0.165 e. The standard InChI is InChI=1S/C31H32N6O2/c32-30-28(24-8-12-27(13-9-24)39-22-23-4-2-1-3-5-23)20-33-31-29(21-34-37(30)31)25-6-10-26(11-7-25)36-16-14-35(15-17-36)18-19-38/h1-13,20-21,38H,14-19,22,32H2. The van der Waals surface area contributed by atoms with Crippen molar-refractivity contribution in [2.24, 2.45) is 0 Å². The molecule has 8 heteroatoms. The van der Waals surface area contributed by atoms with Gasteiger partial charge in [0, 0.05) is 55.7 Å². The van der Waals surface area contributed by atoms with E-state index >= 15 is 0 Å². The summed E-state index contributed by atoms with van der Waals surface area (Å²) in [6.07, 6.45) is 3.64. The molecule has 5 aromatic rings. The highest BCUT2D eigenvalue weighted by atomic mass is 16.5. The van der Waals surface area contributed by atoms with Gasteiger partial charge < -0.3 is 20.5 Å². The van der Waals surface area contributed by atoms with Crippen LogP contribution in [0.1, 0.15) is 5.56 Å². The lowest BCUT2D eigenvalue weighted by Crippen LogP contribution is -2.47. The summed E-state index contributed by atoms with van der Waals surface area (Å²) in [4.78, 5) is 9.42. The lowest BCUT2D eigenvalue weighted by Gasteiger charge is -2.35. The van der Waals surface area contributed by atoms with Gasteiger partial charge in [-0.2, -0.15) is 9.61 Å². The molecule has 0 atom stereocenters. The van der Waals surface area contributed by atoms with Crippen LogP contribution in [0.2, 0.25) is 0 Å². The number of aliphatic hydroxyl groups is 1. The Kier molecular flexibility index (Phi) is 7.12. The van der Waals surface area contributed by atoms with Crippen LogP contribution in [0.15, 0.2) is 91.3 Å². The fourth-order valence-electron chi connectivity index (χ4n) is 5.07. The van der Waals surface area contributed by atoms with E-state index in [-0.39, 0.29) is 6.61 Å². The Bertz CT molecular complexity index is 1530. The normalized spacial score (nSPS) is 14.1. The number of benzene rings is 3. The van der Waals surface area contributed by atoms with Crippen molar-refractivity contribution < 1.29 is 9.84 Å². The number of nitrogens with two attached hydrogens (primary N) is 1. The van der Waals surface area contributed by atoms with Crippen LogP contribution in [0.3, 0.4) is 0 Å². The minimum atomic E-state index is 0.213. The van der Waals surface area contributed by atoms with Crippen molar-refractivity contribution in [3.63, 3.8) is 0 Å². The maximum absolute atomic E-state index is 9.17. The van der Waals surface area contributed by atoms with Crippen LogP contribution >= 0.6 is 0 Å². The molecule has 1 aliphatic rings. The quantitative estimate of drug-likeness (QED) is 0.315. The highest BCUT2D eigenvalue weighted by Crippen LogP contribution is 2.32.